The van der Waals surface area contributed by atoms with Crippen molar-refractivity contribution >= 4 is 16.5 Å². The van der Waals surface area contributed by atoms with Crippen LogP contribution in [0.25, 0.3) is 10.8 Å². The van der Waals surface area contributed by atoms with E-state index in [0.717, 1.165) is 5.39 Å². The van der Waals surface area contributed by atoms with E-state index in [9.17, 15) is 4.79 Å². The number of hydrogen-bond acceptors (Lipinski definition) is 3. The van der Waals surface area contributed by atoms with E-state index in [2.05, 4.69) is 4.98 Å². The summed E-state index contributed by atoms with van der Waals surface area (Å²) in [6, 6.07) is 5.22. The Morgan fingerprint density at radius 3 is 2.73 bits per heavy atom. The standard InChI is InChI=1S/C11H12N2O2/c1-6-10(12)9-5-7(15-2)3-4-8(9)11(14)13-6/h3-5H,12H2,1-2H3,(H,13,14). The lowest BCUT2D eigenvalue weighted by atomic mass is 10.1. The van der Waals surface area contributed by atoms with Gasteiger partial charge >= 0.3 is 0 Å². The molecule has 1 aromatic carbocycles. The number of rotatable bonds is 1. The molecule has 0 aliphatic rings. The van der Waals surface area contributed by atoms with Gasteiger partial charge in [-0.2, -0.15) is 0 Å². The fourth-order valence-electron chi connectivity index (χ4n) is 1.58. The maximum atomic E-state index is 11.6. The number of fused-ring (bicyclic) bond motifs is 1. The molecule has 0 atom stereocenters. The van der Waals surface area contributed by atoms with Crippen LogP contribution in [0, 0.1) is 6.92 Å². The van der Waals surface area contributed by atoms with Crippen LogP contribution in [0.3, 0.4) is 0 Å². The molecule has 15 heavy (non-hydrogen) atoms. The smallest absolute Gasteiger partial charge is 0.256 e. The van der Waals surface area contributed by atoms with Gasteiger partial charge < -0.3 is 15.5 Å². The van der Waals surface area contributed by atoms with Crippen molar-refractivity contribution in [2.45, 2.75) is 6.92 Å². The highest BCUT2D eigenvalue weighted by molar-refractivity contribution is 5.93. The van der Waals surface area contributed by atoms with Gasteiger partial charge in [0.05, 0.1) is 12.8 Å². The topological polar surface area (TPSA) is 68.1 Å². The summed E-state index contributed by atoms with van der Waals surface area (Å²) in [6.45, 7) is 1.77. The van der Waals surface area contributed by atoms with Crippen molar-refractivity contribution in [1.29, 1.82) is 0 Å². The lowest BCUT2D eigenvalue weighted by Crippen LogP contribution is -2.10. The number of aryl methyl sites for hydroxylation is 1. The summed E-state index contributed by atoms with van der Waals surface area (Å²) in [6.07, 6.45) is 0. The fourth-order valence-corrected chi connectivity index (χ4v) is 1.58. The van der Waals surface area contributed by atoms with Gasteiger partial charge in [-0.25, -0.2) is 0 Å². The van der Waals surface area contributed by atoms with Crippen molar-refractivity contribution in [2.24, 2.45) is 0 Å². The molecule has 0 unspecified atom stereocenters. The minimum Gasteiger partial charge on any atom is -0.497 e. The second kappa shape index (κ2) is 3.31. The molecule has 0 aliphatic carbocycles. The first-order chi connectivity index (χ1) is 7.13. The van der Waals surface area contributed by atoms with Crippen molar-refractivity contribution in [2.75, 3.05) is 12.8 Å². The quantitative estimate of drug-likeness (QED) is 0.738. The Kier molecular flexibility index (Phi) is 2.11. The molecule has 0 aliphatic heterocycles. The summed E-state index contributed by atoms with van der Waals surface area (Å²) in [5.74, 6) is 0.694. The first-order valence-corrected chi connectivity index (χ1v) is 4.59. The number of nitrogens with two attached hydrogens (primary N) is 1. The summed E-state index contributed by atoms with van der Waals surface area (Å²) in [5, 5.41) is 1.31. The lowest BCUT2D eigenvalue weighted by molar-refractivity contribution is 0.415. The molecule has 0 fully saturated rings. The second-order valence-corrected chi connectivity index (χ2v) is 3.40. The Bertz CT molecular complexity index is 573. The average Bonchev–Trinajstić information content (AvgIpc) is 2.25. The molecule has 0 radical (unpaired) electrons. The third-order valence-corrected chi connectivity index (χ3v) is 2.47. The summed E-state index contributed by atoms with van der Waals surface area (Å²) < 4.78 is 5.09. The van der Waals surface area contributed by atoms with Crippen molar-refractivity contribution in [1.82, 2.24) is 4.98 Å². The predicted octanol–water partition coefficient (Wildman–Crippen LogP) is 1.43. The summed E-state index contributed by atoms with van der Waals surface area (Å²) in [7, 11) is 1.58. The molecule has 0 spiro atoms. The zero-order valence-corrected chi connectivity index (χ0v) is 8.63. The van der Waals surface area contributed by atoms with Gasteiger partial charge in [0.15, 0.2) is 0 Å². The fraction of sp³-hybridized carbons (Fsp3) is 0.182. The van der Waals surface area contributed by atoms with Gasteiger partial charge in [-0.05, 0) is 25.1 Å². The Labute approximate surface area is 86.7 Å². The van der Waals surface area contributed by atoms with Gasteiger partial charge in [-0.3, -0.25) is 4.79 Å². The zero-order chi connectivity index (χ0) is 11.0. The molecule has 3 N–H and O–H groups in total. The number of nitrogen functional groups attached to an aromatic ring is 1. The van der Waals surface area contributed by atoms with Gasteiger partial charge in [0.1, 0.15) is 5.75 Å². The largest absolute Gasteiger partial charge is 0.497 e. The third kappa shape index (κ3) is 1.44. The van der Waals surface area contributed by atoms with E-state index in [1.54, 1.807) is 32.2 Å². The molecule has 0 saturated heterocycles. The van der Waals surface area contributed by atoms with E-state index in [1.165, 1.54) is 0 Å². The van der Waals surface area contributed by atoms with Crippen molar-refractivity contribution in [3.63, 3.8) is 0 Å². The highest BCUT2D eigenvalue weighted by atomic mass is 16.5. The highest BCUT2D eigenvalue weighted by Crippen LogP contribution is 2.24. The van der Waals surface area contributed by atoms with Crippen molar-refractivity contribution in [3.8, 4) is 5.75 Å². The first kappa shape index (κ1) is 9.58. The molecule has 2 aromatic rings. The van der Waals surface area contributed by atoms with Crippen LogP contribution in [0.5, 0.6) is 5.75 Å². The van der Waals surface area contributed by atoms with Crippen LogP contribution in [-0.2, 0) is 0 Å². The molecule has 0 amide bonds. The number of H-pyrrole nitrogens is 1. The van der Waals surface area contributed by atoms with Crippen LogP contribution in [0.4, 0.5) is 5.69 Å². The first-order valence-electron chi connectivity index (χ1n) is 4.59. The minimum absolute atomic E-state index is 0.126. The van der Waals surface area contributed by atoms with E-state index in [0.29, 0.717) is 22.5 Å². The number of benzene rings is 1. The van der Waals surface area contributed by atoms with E-state index >= 15 is 0 Å². The van der Waals surface area contributed by atoms with Crippen LogP contribution >= 0.6 is 0 Å². The molecular weight excluding hydrogens is 192 g/mol. The summed E-state index contributed by atoms with van der Waals surface area (Å²) in [4.78, 5) is 14.3. The predicted molar refractivity (Wildman–Crippen MR) is 60.3 cm³/mol. The monoisotopic (exact) mass is 204 g/mol. The van der Waals surface area contributed by atoms with E-state index in [4.69, 9.17) is 10.5 Å². The van der Waals surface area contributed by atoms with Gasteiger partial charge in [0.2, 0.25) is 0 Å². The van der Waals surface area contributed by atoms with Gasteiger partial charge in [-0.1, -0.05) is 0 Å². The molecule has 2 rings (SSSR count). The van der Waals surface area contributed by atoms with Gasteiger partial charge in [-0.15, -0.1) is 0 Å². The molecule has 4 heteroatoms. The number of methoxy groups -OCH3 is 1. The van der Waals surface area contributed by atoms with Crippen LogP contribution in [-0.4, -0.2) is 12.1 Å². The maximum absolute atomic E-state index is 11.6. The highest BCUT2D eigenvalue weighted by Gasteiger charge is 2.06. The third-order valence-electron chi connectivity index (χ3n) is 2.47. The van der Waals surface area contributed by atoms with E-state index in [1.807, 2.05) is 0 Å². The number of hydrogen-bond donors (Lipinski definition) is 2. The van der Waals surface area contributed by atoms with Crippen LogP contribution in [0.1, 0.15) is 5.69 Å². The number of anilines is 1. The summed E-state index contributed by atoms with van der Waals surface area (Å²) in [5.41, 5.74) is 7.03. The number of ether oxygens (including phenoxy) is 1. The lowest BCUT2D eigenvalue weighted by Gasteiger charge is -2.06. The van der Waals surface area contributed by atoms with Crippen LogP contribution < -0.4 is 16.0 Å². The van der Waals surface area contributed by atoms with Crippen LogP contribution in [0.2, 0.25) is 0 Å². The Balaban J connectivity index is 2.91. The normalized spacial score (nSPS) is 10.5. The molecule has 1 aromatic heterocycles. The van der Waals surface area contributed by atoms with Crippen molar-refractivity contribution in [3.05, 3.63) is 34.2 Å². The molecule has 1 heterocycles. The zero-order valence-electron chi connectivity index (χ0n) is 8.63. The molecule has 4 nitrogen and oxygen atoms in total. The number of pyridine rings is 1. The molecule has 0 saturated carbocycles. The van der Waals surface area contributed by atoms with E-state index in [-0.39, 0.29) is 5.56 Å². The SMILES string of the molecule is COc1ccc2c(=O)[nH]c(C)c(N)c2c1. The molecule has 78 valence electrons. The van der Waals surface area contributed by atoms with Gasteiger partial charge in [0, 0.05) is 16.5 Å². The van der Waals surface area contributed by atoms with Gasteiger partial charge in [0.25, 0.3) is 5.56 Å². The minimum atomic E-state index is -0.126. The number of aromatic nitrogens is 1. The molecule has 0 bridgehead atoms. The summed E-state index contributed by atoms with van der Waals surface area (Å²) >= 11 is 0. The number of aromatic amines is 1. The Hall–Kier alpha value is -1.97. The van der Waals surface area contributed by atoms with Crippen LogP contribution in [0.15, 0.2) is 23.0 Å². The Morgan fingerprint density at radius 1 is 1.33 bits per heavy atom. The second-order valence-electron chi connectivity index (χ2n) is 3.40. The maximum Gasteiger partial charge on any atom is 0.256 e. The molecular formula is C11H12N2O2. The Morgan fingerprint density at radius 2 is 2.07 bits per heavy atom. The van der Waals surface area contributed by atoms with E-state index < -0.39 is 0 Å². The average molecular weight is 204 g/mol. The number of nitrogens with one attached hydrogen (secondary N) is 1. The van der Waals surface area contributed by atoms with Crippen molar-refractivity contribution < 1.29 is 4.74 Å².